The Bertz CT molecular complexity index is 486. The van der Waals surface area contributed by atoms with E-state index in [9.17, 15) is 13.6 Å². The van der Waals surface area contributed by atoms with Crippen LogP contribution in [0.4, 0.5) is 8.78 Å². The van der Waals surface area contributed by atoms with Gasteiger partial charge in [-0.2, -0.15) is 5.26 Å². The summed E-state index contributed by atoms with van der Waals surface area (Å²) in [6, 6.07) is 1.56. The van der Waals surface area contributed by atoms with Gasteiger partial charge in [-0.05, 0) is 0 Å². The first-order valence-electron chi connectivity index (χ1n) is 4.41. The smallest absolute Gasteiger partial charge is 0.340 e. The number of alkyl halides is 3. The molecule has 1 aromatic rings. The largest absolute Gasteiger partial charge is 0.465 e. The zero-order chi connectivity index (χ0) is 13.0. The van der Waals surface area contributed by atoms with Gasteiger partial charge >= 0.3 is 5.97 Å². The van der Waals surface area contributed by atoms with E-state index >= 15 is 0 Å². The highest BCUT2D eigenvalue weighted by Crippen LogP contribution is 2.28. The molecule has 0 aliphatic carbocycles. The van der Waals surface area contributed by atoms with Crippen LogP contribution in [0.15, 0.2) is 6.20 Å². The van der Waals surface area contributed by atoms with Gasteiger partial charge in [0.1, 0.15) is 6.07 Å². The van der Waals surface area contributed by atoms with Crippen molar-refractivity contribution in [3.63, 3.8) is 0 Å². The Morgan fingerprint density at radius 3 is 2.76 bits per heavy atom. The van der Waals surface area contributed by atoms with Gasteiger partial charge in [-0.25, -0.2) is 13.6 Å². The van der Waals surface area contributed by atoms with Crippen LogP contribution < -0.4 is 0 Å². The normalized spacial score (nSPS) is 10.1. The molecule has 1 aromatic heterocycles. The van der Waals surface area contributed by atoms with Crippen LogP contribution in [0.2, 0.25) is 0 Å². The summed E-state index contributed by atoms with van der Waals surface area (Å²) >= 11 is 5.45. The lowest BCUT2D eigenvalue weighted by Crippen LogP contribution is -2.10. The first-order chi connectivity index (χ1) is 8.06. The molecule has 90 valence electrons. The van der Waals surface area contributed by atoms with Crippen molar-refractivity contribution in [2.75, 3.05) is 7.11 Å². The standard InChI is InChI=1S/C10H7ClF2N2O2/c1-17-10(16)6-4-15-7(2-11)8(9(12)13)5(6)3-14/h4,9H,2H2,1H3. The van der Waals surface area contributed by atoms with Crippen LogP contribution >= 0.6 is 11.6 Å². The van der Waals surface area contributed by atoms with Crippen LogP contribution in [-0.2, 0) is 10.6 Å². The number of nitrogens with zero attached hydrogens (tertiary/aromatic N) is 2. The number of halogens is 3. The van der Waals surface area contributed by atoms with E-state index in [1.165, 1.54) is 0 Å². The van der Waals surface area contributed by atoms with Crippen LogP contribution in [0, 0.1) is 11.3 Å². The monoisotopic (exact) mass is 260 g/mol. The highest BCUT2D eigenvalue weighted by Gasteiger charge is 2.25. The zero-order valence-corrected chi connectivity index (χ0v) is 9.46. The third-order valence-electron chi connectivity index (χ3n) is 2.06. The van der Waals surface area contributed by atoms with Crippen LogP contribution in [-0.4, -0.2) is 18.1 Å². The fourth-order valence-corrected chi connectivity index (χ4v) is 1.51. The predicted molar refractivity (Wildman–Crippen MR) is 54.8 cm³/mol. The lowest BCUT2D eigenvalue weighted by atomic mass is 10.0. The molecule has 0 aliphatic rings. The molecule has 17 heavy (non-hydrogen) atoms. The van der Waals surface area contributed by atoms with Gasteiger partial charge in [-0.15, -0.1) is 11.6 Å². The fourth-order valence-electron chi connectivity index (χ4n) is 1.29. The fraction of sp³-hybridized carbons (Fsp3) is 0.300. The Morgan fingerprint density at radius 2 is 2.35 bits per heavy atom. The Labute approximate surface area is 101 Å². The van der Waals surface area contributed by atoms with Gasteiger partial charge in [0.2, 0.25) is 0 Å². The maximum Gasteiger partial charge on any atom is 0.340 e. The van der Waals surface area contributed by atoms with Crippen molar-refractivity contribution < 1.29 is 18.3 Å². The van der Waals surface area contributed by atoms with E-state index in [0.29, 0.717) is 0 Å². The molecule has 0 bridgehead atoms. The van der Waals surface area contributed by atoms with Crippen molar-refractivity contribution in [3.8, 4) is 6.07 Å². The molecule has 1 heterocycles. The highest BCUT2D eigenvalue weighted by atomic mass is 35.5. The van der Waals surface area contributed by atoms with Gasteiger partial charge < -0.3 is 4.74 Å². The Hall–Kier alpha value is -1.74. The summed E-state index contributed by atoms with van der Waals surface area (Å²) < 4.78 is 30.0. The van der Waals surface area contributed by atoms with E-state index in [-0.39, 0.29) is 17.1 Å². The van der Waals surface area contributed by atoms with Gasteiger partial charge in [0.25, 0.3) is 6.43 Å². The second-order valence-electron chi connectivity index (χ2n) is 2.94. The maximum absolute atomic E-state index is 12.8. The minimum atomic E-state index is -2.93. The van der Waals surface area contributed by atoms with Crippen LogP contribution in [0.5, 0.6) is 0 Å². The molecule has 0 radical (unpaired) electrons. The Kier molecular flexibility index (Phi) is 4.35. The number of hydrogen-bond acceptors (Lipinski definition) is 4. The summed E-state index contributed by atoms with van der Waals surface area (Å²) in [5, 5.41) is 8.85. The highest BCUT2D eigenvalue weighted by molar-refractivity contribution is 6.17. The number of ether oxygens (including phenoxy) is 1. The molecule has 0 unspecified atom stereocenters. The number of pyridine rings is 1. The summed E-state index contributed by atoms with van der Waals surface area (Å²) in [6.45, 7) is 0. The van der Waals surface area contributed by atoms with Gasteiger partial charge in [0, 0.05) is 6.20 Å². The zero-order valence-electron chi connectivity index (χ0n) is 8.71. The second kappa shape index (κ2) is 5.55. The van der Waals surface area contributed by atoms with E-state index in [0.717, 1.165) is 13.3 Å². The Morgan fingerprint density at radius 1 is 1.71 bits per heavy atom. The van der Waals surface area contributed by atoms with Gasteiger partial charge in [-0.1, -0.05) is 0 Å². The van der Waals surface area contributed by atoms with Crippen molar-refractivity contribution in [1.29, 1.82) is 5.26 Å². The van der Waals surface area contributed by atoms with E-state index in [1.807, 2.05) is 0 Å². The van der Waals surface area contributed by atoms with Gasteiger partial charge in [-0.3, -0.25) is 4.98 Å². The van der Waals surface area contributed by atoms with Crippen molar-refractivity contribution in [2.24, 2.45) is 0 Å². The average Bonchev–Trinajstić information content (AvgIpc) is 2.35. The summed E-state index contributed by atoms with van der Waals surface area (Å²) in [5.74, 6) is -1.16. The van der Waals surface area contributed by atoms with E-state index in [4.69, 9.17) is 16.9 Å². The van der Waals surface area contributed by atoms with Crippen LogP contribution in [0.25, 0.3) is 0 Å². The molecule has 7 heteroatoms. The molecule has 0 N–H and O–H groups in total. The summed E-state index contributed by atoms with van der Waals surface area (Å²) in [4.78, 5) is 14.9. The minimum Gasteiger partial charge on any atom is -0.465 e. The topological polar surface area (TPSA) is 63.0 Å². The molecule has 0 aromatic carbocycles. The van der Waals surface area contributed by atoms with Crippen molar-refractivity contribution >= 4 is 17.6 Å². The van der Waals surface area contributed by atoms with Crippen LogP contribution in [0.1, 0.15) is 33.6 Å². The van der Waals surface area contributed by atoms with Gasteiger partial charge in [0.05, 0.1) is 35.4 Å². The molecule has 0 atom stereocenters. The third kappa shape index (κ3) is 2.50. The molecule has 0 aliphatic heterocycles. The summed E-state index contributed by atoms with van der Waals surface area (Å²) in [5.41, 5.74) is -1.48. The SMILES string of the molecule is COC(=O)c1cnc(CCl)c(C(F)F)c1C#N. The second-order valence-corrected chi connectivity index (χ2v) is 3.21. The predicted octanol–water partition coefficient (Wildman–Crippen LogP) is 2.42. The molecule has 0 fully saturated rings. The number of aromatic nitrogens is 1. The van der Waals surface area contributed by atoms with E-state index in [1.54, 1.807) is 6.07 Å². The maximum atomic E-state index is 12.8. The molecule has 1 rings (SSSR count). The molecule has 4 nitrogen and oxygen atoms in total. The molecule has 0 spiro atoms. The van der Waals surface area contributed by atoms with E-state index in [2.05, 4.69) is 9.72 Å². The summed E-state index contributed by atoms with van der Waals surface area (Å²) in [6.07, 6.45) is -1.93. The van der Waals surface area contributed by atoms with Gasteiger partial charge in [0.15, 0.2) is 0 Å². The number of esters is 1. The molecule has 0 saturated carbocycles. The van der Waals surface area contributed by atoms with E-state index < -0.39 is 23.5 Å². The lowest BCUT2D eigenvalue weighted by molar-refractivity contribution is 0.0599. The number of rotatable bonds is 3. The van der Waals surface area contributed by atoms with Crippen molar-refractivity contribution in [1.82, 2.24) is 4.98 Å². The number of hydrogen-bond donors (Lipinski definition) is 0. The first-order valence-corrected chi connectivity index (χ1v) is 4.94. The number of carbonyl (C=O) groups is 1. The van der Waals surface area contributed by atoms with Crippen LogP contribution in [0.3, 0.4) is 0 Å². The quantitative estimate of drug-likeness (QED) is 0.618. The first kappa shape index (κ1) is 13.3. The Balaban J connectivity index is 3.53. The lowest BCUT2D eigenvalue weighted by Gasteiger charge is -2.10. The third-order valence-corrected chi connectivity index (χ3v) is 2.31. The number of methoxy groups -OCH3 is 1. The molecular weight excluding hydrogens is 254 g/mol. The molecular formula is C10H7ClF2N2O2. The van der Waals surface area contributed by atoms with Crippen molar-refractivity contribution in [3.05, 3.63) is 28.6 Å². The molecule has 0 saturated heterocycles. The number of carbonyl (C=O) groups excluding carboxylic acids is 1. The molecule has 0 amide bonds. The van der Waals surface area contributed by atoms with Crippen molar-refractivity contribution in [2.45, 2.75) is 12.3 Å². The average molecular weight is 261 g/mol. The summed E-state index contributed by atoms with van der Waals surface area (Å²) in [7, 11) is 1.08. The number of nitriles is 1. The minimum absolute atomic E-state index is 0.120.